The Labute approximate surface area is 181 Å². The van der Waals surface area contributed by atoms with E-state index < -0.39 is 0 Å². The van der Waals surface area contributed by atoms with Gasteiger partial charge in [0.25, 0.3) is 0 Å². The lowest BCUT2D eigenvalue weighted by atomic mass is 10.00. The number of nitrogens with zero attached hydrogens (tertiary/aromatic N) is 4. The van der Waals surface area contributed by atoms with Crippen molar-refractivity contribution in [1.82, 2.24) is 20.1 Å². The van der Waals surface area contributed by atoms with Crippen LogP contribution < -0.4 is 10.2 Å². The molecule has 0 bridgehead atoms. The average molecular weight is 434 g/mol. The first-order valence-corrected chi connectivity index (χ1v) is 11.7. The maximum Gasteiger partial charge on any atom is 0.233 e. The standard InChI is InChI=1S/C21H28ClN5OS/c1-14-9-11-26(12-10-14)20-24-25-21(27(20)18-7-8-18)29-15(2)19(28)23-13-16-3-5-17(22)6-4-16/h3-6,14-15,18H,7-13H2,1-2H3,(H,23,28). The van der Waals surface area contributed by atoms with Gasteiger partial charge in [-0.15, -0.1) is 10.2 Å². The number of anilines is 1. The van der Waals surface area contributed by atoms with E-state index in [9.17, 15) is 4.79 Å². The molecule has 29 heavy (non-hydrogen) atoms. The highest BCUT2D eigenvalue weighted by molar-refractivity contribution is 8.00. The third-order valence-corrected chi connectivity index (χ3v) is 6.97. The van der Waals surface area contributed by atoms with Crippen LogP contribution in [0.5, 0.6) is 0 Å². The van der Waals surface area contributed by atoms with Gasteiger partial charge in [0.1, 0.15) is 0 Å². The molecular weight excluding hydrogens is 406 g/mol. The first-order valence-electron chi connectivity index (χ1n) is 10.4. The number of aromatic nitrogens is 3. The Morgan fingerprint density at radius 3 is 2.55 bits per heavy atom. The third-order valence-electron chi connectivity index (χ3n) is 5.66. The van der Waals surface area contributed by atoms with Crippen LogP contribution >= 0.6 is 23.4 Å². The van der Waals surface area contributed by atoms with Gasteiger partial charge >= 0.3 is 0 Å². The van der Waals surface area contributed by atoms with Crippen molar-refractivity contribution >= 4 is 35.2 Å². The number of halogens is 1. The van der Waals surface area contributed by atoms with Gasteiger partial charge in [0.2, 0.25) is 11.9 Å². The van der Waals surface area contributed by atoms with E-state index in [1.165, 1.54) is 37.4 Å². The van der Waals surface area contributed by atoms with Crippen LogP contribution in [0.3, 0.4) is 0 Å². The lowest BCUT2D eigenvalue weighted by Gasteiger charge is -2.31. The van der Waals surface area contributed by atoms with E-state index in [0.29, 0.717) is 17.6 Å². The second-order valence-electron chi connectivity index (χ2n) is 8.16. The largest absolute Gasteiger partial charge is 0.351 e. The number of amides is 1. The molecule has 0 radical (unpaired) electrons. The minimum absolute atomic E-state index is 0.00337. The van der Waals surface area contributed by atoms with E-state index in [-0.39, 0.29) is 11.2 Å². The van der Waals surface area contributed by atoms with E-state index in [0.717, 1.165) is 35.7 Å². The van der Waals surface area contributed by atoms with Gasteiger partial charge in [-0.25, -0.2) is 0 Å². The number of carbonyl (C=O) groups is 1. The Bertz CT molecular complexity index is 843. The molecule has 1 aliphatic heterocycles. The molecule has 2 aliphatic rings. The molecule has 4 rings (SSSR count). The number of hydrogen-bond donors (Lipinski definition) is 1. The molecule has 1 amide bonds. The maximum atomic E-state index is 12.6. The van der Waals surface area contributed by atoms with Gasteiger partial charge in [0.05, 0.1) is 5.25 Å². The fraction of sp³-hybridized carbons (Fsp3) is 0.571. The first-order chi connectivity index (χ1) is 14.0. The summed E-state index contributed by atoms with van der Waals surface area (Å²) in [6, 6.07) is 8.00. The summed E-state index contributed by atoms with van der Waals surface area (Å²) in [7, 11) is 0. The van der Waals surface area contributed by atoms with Crippen molar-refractivity contribution in [1.29, 1.82) is 0 Å². The molecule has 6 nitrogen and oxygen atoms in total. The van der Waals surface area contributed by atoms with E-state index in [1.54, 1.807) is 0 Å². The zero-order valence-corrected chi connectivity index (χ0v) is 18.5. The topological polar surface area (TPSA) is 63.1 Å². The van der Waals surface area contributed by atoms with Crippen LogP contribution in [-0.4, -0.2) is 39.0 Å². The summed E-state index contributed by atoms with van der Waals surface area (Å²) in [4.78, 5) is 15.0. The number of piperidine rings is 1. The molecule has 156 valence electrons. The summed E-state index contributed by atoms with van der Waals surface area (Å²) in [6.45, 7) is 6.81. The Hall–Kier alpha value is -1.73. The smallest absolute Gasteiger partial charge is 0.233 e. The highest BCUT2D eigenvalue weighted by Crippen LogP contribution is 2.42. The fourth-order valence-corrected chi connectivity index (χ4v) is 4.64. The van der Waals surface area contributed by atoms with Crippen molar-refractivity contribution in [2.45, 2.75) is 62.5 Å². The summed E-state index contributed by atoms with van der Waals surface area (Å²) in [5.41, 5.74) is 1.03. The number of benzene rings is 1. The van der Waals surface area contributed by atoms with Gasteiger partial charge in [-0.3, -0.25) is 9.36 Å². The first kappa shape index (κ1) is 20.5. The van der Waals surface area contributed by atoms with Gasteiger partial charge < -0.3 is 10.2 Å². The van der Waals surface area contributed by atoms with E-state index in [1.807, 2.05) is 31.2 Å². The molecule has 1 aromatic heterocycles. The third kappa shape index (κ3) is 5.07. The zero-order valence-electron chi connectivity index (χ0n) is 17.0. The summed E-state index contributed by atoms with van der Waals surface area (Å²) < 4.78 is 2.27. The Morgan fingerprint density at radius 1 is 1.21 bits per heavy atom. The van der Waals surface area contributed by atoms with E-state index >= 15 is 0 Å². The second kappa shape index (κ2) is 8.96. The lowest BCUT2D eigenvalue weighted by molar-refractivity contribution is -0.120. The predicted octanol–water partition coefficient (Wildman–Crippen LogP) is 4.30. The molecule has 2 heterocycles. The SMILES string of the molecule is CC1CCN(c2nnc(SC(C)C(=O)NCc3ccc(Cl)cc3)n2C2CC2)CC1. The molecule has 8 heteroatoms. The number of hydrogen-bond acceptors (Lipinski definition) is 5. The number of rotatable bonds is 7. The molecule has 1 saturated heterocycles. The van der Waals surface area contributed by atoms with Gasteiger partial charge in [-0.05, 0) is 56.2 Å². The molecule has 2 aromatic rings. The molecule has 1 N–H and O–H groups in total. The molecule has 0 spiro atoms. The van der Waals surface area contributed by atoms with Crippen LogP contribution in [-0.2, 0) is 11.3 Å². The van der Waals surface area contributed by atoms with Crippen molar-refractivity contribution in [2.24, 2.45) is 5.92 Å². The number of thioether (sulfide) groups is 1. The van der Waals surface area contributed by atoms with Crippen LogP contribution in [0.2, 0.25) is 5.02 Å². The summed E-state index contributed by atoms with van der Waals surface area (Å²) >= 11 is 7.42. The van der Waals surface area contributed by atoms with Crippen LogP contribution in [0.25, 0.3) is 0 Å². The molecular formula is C21H28ClN5OS. The Morgan fingerprint density at radius 2 is 1.90 bits per heavy atom. The average Bonchev–Trinajstić information content (AvgIpc) is 3.48. The Kier molecular flexibility index (Phi) is 6.35. The molecule has 1 aliphatic carbocycles. The second-order valence-corrected chi connectivity index (χ2v) is 9.90. The van der Waals surface area contributed by atoms with Gasteiger partial charge in [-0.1, -0.05) is 42.4 Å². The highest BCUT2D eigenvalue weighted by atomic mass is 35.5. The summed E-state index contributed by atoms with van der Waals surface area (Å²) in [6.07, 6.45) is 4.73. The predicted molar refractivity (Wildman–Crippen MR) is 118 cm³/mol. The van der Waals surface area contributed by atoms with Crippen LogP contribution in [0.15, 0.2) is 29.4 Å². The van der Waals surface area contributed by atoms with Crippen molar-refractivity contribution in [3.05, 3.63) is 34.9 Å². The lowest BCUT2D eigenvalue weighted by Crippen LogP contribution is -2.35. The molecule has 1 atom stereocenters. The quantitative estimate of drug-likeness (QED) is 0.659. The van der Waals surface area contributed by atoms with E-state index in [4.69, 9.17) is 11.6 Å². The van der Waals surface area contributed by atoms with Gasteiger partial charge in [0, 0.05) is 30.7 Å². The maximum absolute atomic E-state index is 12.6. The molecule has 1 saturated carbocycles. The van der Waals surface area contributed by atoms with Crippen molar-refractivity contribution in [2.75, 3.05) is 18.0 Å². The van der Waals surface area contributed by atoms with Crippen LogP contribution in [0, 0.1) is 5.92 Å². The van der Waals surface area contributed by atoms with Gasteiger partial charge in [0.15, 0.2) is 5.16 Å². The van der Waals surface area contributed by atoms with Crippen molar-refractivity contribution in [3.8, 4) is 0 Å². The Balaban J connectivity index is 1.39. The monoisotopic (exact) mass is 433 g/mol. The fourth-order valence-electron chi connectivity index (χ4n) is 3.57. The number of nitrogens with one attached hydrogen (secondary N) is 1. The summed E-state index contributed by atoms with van der Waals surface area (Å²) in [5.74, 6) is 1.76. The molecule has 1 unspecified atom stereocenters. The summed E-state index contributed by atoms with van der Waals surface area (Å²) in [5, 5.41) is 13.3. The van der Waals surface area contributed by atoms with Crippen LogP contribution in [0.1, 0.15) is 51.1 Å². The van der Waals surface area contributed by atoms with Gasteiger partial charge in [-0.2, -0.15) is 0 Å². The van der Waals surface area contributed by atoms with Crippen molar-refractivity contribution in [3.63, 3.8) is 0 Å². The van der Waals surface area contributed by atoms with Crippen molar-refractivity contribution < 1.29 is 4.79 Å². The number of carbonyl (C=O) groups excluding carboxylic acids is 1. The minimum atomic E-state index is -0.238. The zero-order chi connectivity index (χ0) is 20.4. The minimum Gasteiger partial charge on any atom is -0.351 e. The molecule has 1 aromatic carbocycles. The molecule has 2 fully saturated rings. The van der Waals surface area contributed by atoms with E-state index in [2.05, 4.69) is 31.9 Å². The highest BCUT2D eigenvalue weighted by Gasteiger charge is 2.33. The normalized spacial score (nSPS) is 18.7. The van der Waals surface area contributed by atoms with Crippen LogP contribution in [0.4, 0.5) is 5.95 Å².